The number of rotatable bonds is 0. The van der Waals surface area contributed by atoms with Gasteiger partial charge >= 0.3 is 0 Å². The van der Waals surface area contributed by atoms with Gasteiger partial charge < -0.3 is 4.90 Å². The molecule has 0 fully saturated rings. The molecule has 0 bridgehead atoms. The normalized spacial score (nSPS) is 15.8. The molecule has 0 atom stereocenters. The van der Waals surface area contributed by atoms with Gasteiger partial charge in [-0.15, -0.1) is 0 Å². The van der Waals surface area contributed by atoms with Crippen molar-refractivity contribution < 1.29 is 4.79 Å². The van der Waals surface area contributed by atoms with E-state index < -0.39 is 0 Å². The second kappa shape index (κ2) is 3.04. The molecule has 1 aromatic rings. The molecule has 2 nitrogen and oxygen atoms in total. The van der Waals surface area contributed by atoms with E-state index in [0.29, 0.717) is 11.4 Å². The standard InChI is InChI=1S/C10H10ClNO/c1-12-5-4-10(13)8-3-2-7(11)6-9(8)12/h2-3,6H,4-5H2,1H3. The largest absolute Gasteiger partial charge is 0.374 e. The number of Topliss-reactive ketones (excluding diaryl/α,β-unsaturated/α-hetero) is 1. The molecule has 0 unspecified atom stereocenters. The quantitative estimate of drug-likeness (QED) is 0.634. The number of hydrogen-bond donors (Lipinski definition) is 0. The lowest BCUT2D eigenvalue weighted by molar-refractivity contribution is 0.0980. The molecule has 0 aromatic heterocycles. The molecule has 0 aliphatic carbocycles. The van der Waals surface area contributed by atoms with Crippen molar-refractivity contribution in [2.45, 2.75) is 6.42 Å². The van der Waals surface area contributed by atoms with E-state index in [1.54, 1.807) is 12.1 Å². The van der Waals surface area contributed by atoms with Gasteiger partial charge in [-0.25, -0.2) is 0 Å². The summed E-state index contributed by atoms with van der Waals surface area (Å²) in [6.45, 7) is 0.784. The first-order valence-electron chi connectivity index (χ1n) is 4.22. The van der Waals surface area contributed by atoms with Crippen molar-refractivity contribution in [1.82, 2.24) is 0 Å². The zero-order valence-electron chi connectivity index (χ0n) is 7.38. The number of fused-ring (bicyclic) bond motifs is 1. The molecule has 3 heteroatoms. The third-order valence-electron chi connectivity index (χ3n) is 2.35. The van der Waals surface area contributed by atoms with Crippen molar-refractivity contribution in [3.05, 3.63) is 28.8 Å². The van der Waals surface area contributed by atoms with Crippen molar-refractivity contribution in [2.24, 2.45) is 0 Å². The molecule has 0 spiro atoms. The van der Waals surface area contributed by atoms with Gasteiger partial charge in [0, 0.05) is 36.3 Å². The van der Waals surface area contributed by atoms with E-state index >= 15 is 0 Å². The van der Waals surface area contributed by atoms with E-state index in [1.807, 2.05) is 13.1 Å². The summed E-state index contributed by atoms with van der Waals surface area (Å²) in [5.41, 5.74) is 1.74. The summed E-state index contributed by atoms with van der Waals surface area (Å²) in [6.07, 6.45) is 0.602. The molecular weight excluding hydrogens is 186 g/mol. The van der Waals surface area contributed by atoms with Crippen LogP contribution >= 0.6 is 11.6 Å². The number of carbonyl (C=O) groups excluding carboxylic acids is 1. The zero-order chi connectivity index (χ0) is 9.42. The highest BCUT2D eigenvalue weighted by Crippen LogP contribution is 2.28. The van der Waals surface area contributed by atoms with Gasteiger partial charge in [-0.05, 0) is 18.2 Å². The third kappa shape index (κ3) is 1.42. The molecule has 0 radical (unpaired) electrons. The van der Waals surface area contributed by atoms with Crippen LogP contribution in [-0.4, -0.2) is 19.4 Å². The van der Waals surface area contributed by atoms with Crippen molar-refractivity contribution in [1.29, 1.82) is 0 Å². The predicted octanol–water partition coefficient (Wildman–Crippen LogP) is 2.36. The van der Waals surface area contributed by atoms with Gasteiger partial charge in [-0.2, -0.15) is 0 Å². The van der Waals surface area contributed by atoms with E-state index in [0.717, 1.165) is 17.8 Å². The Morgan fingerprint density at radius 1 is 1.46 bits per heavy atom. The molecule has 0 saturated carbocycles. The van der Waals surface area contributed by atoms with Gasteiger partial charge in [0.1, 0.15) is 0 Å². The van der Waals surface area contributed by atoms with Crippen molar-refractivity contribution >= 4 is 23.1 Å². The van der Waals surface area contributed by atoms with E-state index in [9.17, 15) is 4.79 Å². The molecule has 68 valence electrons. The minimum atomic E-state index is 0.213. The lowest BCUT2D eigenvalue weighted by Gasteiger charge is -2.26. The van der Waals surface area contributed by atoms with E-state index in [2.05, 4.69) is 4.90 Å². The zero-order valence-corrected chi connectivity index (χ0v) is 8.14. The van der Waals surface area contributed by atoms with Crippen LogP contribution in [0.4, 0.5) is 5.69 Å². The summed E-state index contributed by atoms with van der Waals surface area (Å²) >= 11 is 5.85. The van der Waals surface area contributed by atoms with Crippen LogP contribution < -0.4 is 4.90 Å². The number of ketones is 1. The maximum Gasteiger partial charge on any atom is 0.166 e. The molecule has 1 aromatic carbocycles. The minimum absolute atomic E-state index is 0.213. The second-order valence-corrected chi connectivity index (χ2v) is 3.69. The number of nitrogens with zero attached hydrogens (tertiary/aromatic N) is 1. The Balaban J connectivity index is 2.57. The summed E-state index contributed by atoms with van der Waals surface area (Å²) < 4.78 is 0. The molecule has 1 aliphatic heterocycles. The summed E-state index contributed by atoms with van der Waals surface area (Å²) in [5, 5.41) is 0.681. The van der Waals surface area contributed by atoms with Gasteiger partial charge in [0.25, 0.3) is 0 Å². The van der Waals surface area contributed by atoms with Crippen molar-refractivity contribution in [2.75, 3.05) is 18.5 Å². The van der Waals surface area contributed by atoms with E-state index in [-0.39, 0.29) is 5.78 Å². The van der Waals surface area contributed by atoms with Crippen LogP contribution in [0.5, 0.6) is 0 Å². The highest BCUT2D eigenvalue weighted by Gasteiger charge is 2.20. The predicted molar refractivity (Wildman–Crippen MR) is 53.7 cm³/mol. The van der Waals surface area contributed by atoms with Crippen LogP contribution in [0.2, 0.25) is 5.02 Å². The Morgan fingerprint density at radius 3 is 3.00 bits per heavy atom. The Morgan fingerprint density at radius 2 is 2.23 bits per heavy atom. The first-order chi connectivity index (χ1) is 6.18. The van der Waals surface area contributed by atoms with E-state index in [4.69, 9.17) is 11.6 Å². The molecule has 0 amide bonds. The van der Waals surface area contributed by atoms with Crippen molar-refractivity contribution in [3.8, 4) is 0 Å². The Kier molecular flexibility index (Phi) is 2.00. The van der Waals surface area contributed by atoms with Gasteiger partial charge in [0.05, 0.1) is 0 Å². The molecular formula is C10H10ClNO. The van der Waals surface area contributed by atoms with Gasteiger partial charge in [-0.3, -0.25) is 4.79 Å². The molecule has 2 rings (SSSR count). The fourth-order valence-corrected chi connectivity index (χ4v) is 1.75. The lowest BCUT2D eigenvalue weighted by Crippen LogP contribution is -2.28. The van der Waals surface area contributed by atoms with Crippen LogP contribution in [-0.2, 0) is 0 Å². The van der Waals surface area contributed by atoms with Crippen LogP contribution in [0.3, 0.4) is 0 Å². The molecule has 0 saturated heterocycles. The summed E-state index contributed by atoms with van der Waals surface area (Å²) in [6, 6.07) is 5.40. The highest BCUT2D eigenvalue weighted by molar-refractivity contribution is 6.31. The fourth-order valence-electron chi connectivity index (χ4n) is 1.58. The fraction of sp³-hybridized carbons (Fsp3) is 0.300. The molecule has 0 N–H and O–H groups in total. The average Bonchev–Trinajstić information content (AvgIpc) is 2.12. The second-order valence-electron chi connectivity index (χ2n) is 3.26. The van der Waals surface area contributed by atoms with Crippen LogP contribution in [0, 0.1) is 0 Å². The van der Waals surface area contributed by atoms with Crippen LogP contribution in [0.25, 0.3) is 0 Å². The number of carbonyl (C=O) groups is 1. The maximum absolute atomic E-state index is 11.5. The summed E-state index contributed by atoms with van der Waals surface area (Å²) in [7, 11) is 1.97. The lowest BCUT2D eigenvalue weighted by atomic mass is 10.0. The van der Waals surface area contributed by atoms with E-state index in [1.165, 1.54) is 0 Å². The molecule has 1 aliphatic rings. The van der Waals surface area contributed by atoms with Gasteiger partial charge in [0.2, 0.25) is 0 Å². The Bertz CT molecular complexity index is 362. The number of halogens is 1. The van der Waals surface area contributed by atoms with Gasteiger partial charge in [-0.1, -0.05) is 11.6 Å². The first-order valence-corrected chi connectivity index (χ1v) is 4.60. The van der Waals surface area contributed by atoms with Crippen molar-refractivity contribution in [3.63, 3.8) is 0 Å². The summed E-state index contributed by atoms with van der Waals surface area (Å²) in [5.74, 6) is 0.213. The van der Waals surface area contributed by atoms with Crippen LogP contribution in [0.1, 0.15) is 16.8 Å². The number of benzene rings is 1. The first kappa shape index (κ1) is 8.57. The minimum Gasteiger partial charge on any atom is -0.374 e. The average molecular weight is 196 g/mol. The maximum atomic E-state index is 11.5. The number of hydrogen-bond acceptors (Lipinski definition) is 2. The molecule has 1 heterocycles. The third-order valence-corrected chi connectivity index (χ3v) is 2.58. The molecule has 13 heavy (non-hydrogen) atoms. The van der Waals surface area contributed by atoms with Crippen LogP contribution in [0.15, 0.2) is 18.2 Å². The van der Waals surface area contributed by atoms with Gasteiger partial charge in [0.15, 0.2) is 5.78 Å². The SMILES string of the molecule is CN1CCC(=O)c2ccc(Cl)cc21. The Hall–Kier alpha value is -1.02. The highest BCUT2D eigenvalue weighted by atomic mass is 35.5. The number of anilines is 1. The smallest absolute Gasteiger partial charge is 0.166 e. The Labute approximate surface area is 82.1 Å². The topological polar surface area (TPSA) is 20.3 Å². The summed E-state index contributed by atoms with van der Waals surface area (Å²) in [4.78, 5) is 13.5. The monoisotopic (exact) mass is 195 g/mol.